The Kier molecular flexibility index (Phi) is 8.59. The standard InChI is InChI=1S/C61H39N3S/c62-38-53-60(64-56-31-27-45(41-19-9-3-10-20-41)35-50(56)51-36-46(28-32-57(51)64)42-21-11-4-12-22-42)58(37-52-47-23-13-14-24-59(47)65-61(52)53)63-54-29-25-43(39-15-5-1-6-16-39)33-48(54)49-34-44(26-30-55(49)63)40-17-7-2-8-18-40/h1,3-7,9-37H,2,8H2. The molecule has 0 N–H and O–H groups in total. The molecule has 0 bridgehead atoms. The number of hydrogen-bond donors (Lipinski definition) is 0. The molecule has 12 aromatic rings. The third-order valence-electron chi connectivity index (χ3n) is 13.4. The van der Waals surface area contributed by atoms with Gasteiger partial charge in [-0.3, -0.25) is 0 Å². The fourth-order valence-electron chi connectivity index (χ4n) is 10.3. The van der Waals surface area contributed by atoms with E-state index in [1.807, 2.05) is 0 Å². The van der Waals surface area contributed by atoms with Crippen molar-refractivity contribution in [1.82, 2.24) is 9.13 Å². The van der Waals surface area contributed by atoms with E-state index in [4.69, 9.17) is 0 Å². The molecule has 0 fully saturated rings. The van der Waals surface area contributed by atoms with Crippen LogP contribution in [0.15, 0.2) is 212 Å². The lowest BCUT2D eigenvalue weighted by molar-refractivity contribution is 1.04. The Morgan fingerprint density at radius 3 is 1.40 bits per heavy atom. The molecular formula is C61H39N3S. The molecule has 9 aromatic carbocycles. The Balaban J connectivity index is 1.18. The molecule has 3 heterocycles. The SMILES string of the molecule is N#Cc1c(-n2c3ccc(-c4ccccc4)cc3c3cc(-c4ccccc4)ccc32)c(-n2c3ccc(C4=CCCC=C4)cc3c3cc(-c4ccccc4)ccc32)cc2c1sc1ccccc12. The molecular weight excluding hydrogens is 807 g/mol. The minimum atomic E-state index is 0.668. The Morgan fingerprint density at radius 2 is 0.892 bits per heavy atom. The molecule has 0 aliphatic heterocycles. The van der Waals surface area contributed by atoms with Crippen molar-refractivity contribution >= 4 is 80.7 Å². The lowest BCUT2D eigenvalue weighted by atomic mass is 9.97. The predicted octanol–water partition coefficient (Wildman–Crippen LogP) is 16.9. The van der Waals surface area contributed by atoms with Gasteiger partial charge in [0.2, 0.25) is 0 Å². The highest BCUT2D eigenvalue weighted by Gasteiger charge is 2.27. The largest absolute Gasteiger partial charge is 0.307 e. The van der Waals surface area contributed by atoms with Crippen molar-refractivity contribution in [3.63, 3.8) is 0 Å². The minimum absolute atomic E-state index is 0.668. The highest BCUT2D eigenvalue weighted by atomic mass is 32.1. The lowest BCUT2D eigenvalue weighted by Crippen LogP contribution is -2.06. The predicted molar refractivity (Wildman–Crippen MR) is 275 cm³/mol. The zero-order valence-electron chi connectivity index (χ0n) is 35.4. The lowest BCUT2D eigenvalue weighted by Gasteiger charge is -2.19. The van der Waals surface area contributed by atoms with Crippen molar-refractivity contribution in [3.05, 3.63) is 223 Å². The Bertz CT molecular complexity index is 3890. The number of aromatic nitrogens is 2. The van der Waals surface area contributed by atoms with E-state index in [0.717, 1.165) is 88.4 Å². The average Bonchev–Trinajstić information content (AvgIpc) is 4.03. The van der Waals surface area contributed by atoms with Gasteiger partial charge in [-0.25, -0.2) is 0 Å². The van der Waals surface area contributed by atoms with Gasteiger partial charge in [0, 0.05) is 37.0 Å². The monoisotopic (exact) mass is 845 g/mol. The normalized spacial score (nSPS) is 12.8. The molecule has 13 rings (SSSR count). The van der Waals surface area contributed by atoms with E-state index in [-0.39, 0.29) is 0 Å². The molecule has 1 aliphatic rings. The van der Waals surface area contributed by atoms with Crippen molar-refractivity contribution in [2.75, 3.05) is 0 Å². The first-order valence-electron chi connectivity index (χ1n) is 22.3. The quantitative estimate of drug-likeness (QED) is 0.164. The summed E-state index contributed by atoms with van der Waals surface area (Å²) >= 11 is 1.71. The second-order valence-corrected chi connectivity index (χ2v) is 18.1. The molecule has 0 atom stereocenters. The molecule has 0 amide bonds. The number of thiophene rings is 1. The van der Waals surface area contributed by atoms with Crippen LogP contribution in [0, 0.1) is 11.3 Å². The number of nitrogens with zero attached hydrogens (tertiary/aromatic N) is 3. The van der Waals surface area contributed by atoms with Crippen molar-refractivity contribution in [2.24, 2.45) is 0 Å². The van der Waals surface area contributed by atoms with E-state index in [1.165, 1.54) is 44.2 Å². The van der Waals surface area contributed by atoms with Crippen LogP contribution in [0.3, 0.4) is 0 Å². The summed E-state index contributed by atoms with van der Waals surface area (Å²) in [5.74, 6) is 0. The van der Waals surface area contributed by atoms with Crippen molar-refractivity contribution in [1.29, 1.82) is 5.26 Å². The fraction of sp³-hybridized carbons (Fsp3) is 0.0328. The first kappa shape index (κ1) is 37.3. The Hall–Kier alpha value is -8.23. The fourth-order valence-corrected chi connectivity index (χ4v) is 11.5. The minimum Gasteiger partial charge on any atom is -0.307 e. The van der Waals surface area contributed by atoms with Gasteiger partial charge >= 0.3 is 0 Å². The second-order valence-electron chi connectivity index (χ2n) is 17.0. The number of nitriles is 1. The van der Waals surface area contributed by atoms with E-state index in [2.05, 4.69) is 228 Å². The van der Waals surface area contributed by atoms with Gasteiger partial charge in [0.05, 0.1) is 43.7 Å². The molecule has 0 radical (unpaired) electrons. The Morgan fingerprint density at radius 1 is 0.415 bits per heavy atom. The third kappa shape index (κ3) is 5.94. The molecule has 1 aliphatic carbocycles. The van der Waals surface area contributed by atoms with Gasteiger partial charge in [0.15, 0.2) is 0 Å². The van der Waals surface area contributed by atoms with Gasteiger partial charge in [0.1, 0.15) is 6.07 Å². The summed E-state index contributed by atoms with van der Waals surface area (Å²) < 4.78 is 6.98. The molecule has 4 heteroatoms. The van der Waals surface area contributed by atoms with Gasteiger partial charge < -0.3 is 9.13 Å². The maximum atomic E-state index is 11.7. The van der Waals surface area contributed by atoms with Crippen LogP contribution in [0.25, 0.3) is 114 Å². The summed E-state index contributed by atoms with van der Waals surface area (Å²) in [5.41, 5.74) is 16.2. The van der Waals surface area contributed by atoms with Crippen LogP contribution in [-0.4, -0.2) is 9.13 Å². The van der Waals surface area contributed by atoms with Crippen LogP contribution in [0.1, 0.15) is 24.0 Å². The summed E-state index contributed by atoms with van der Waals surface area (Å²) in [6.07, 6.45) is 9.01. The smallest absolute Gasteiger partial charge is 0.103 e. The third-order valence-corrected chi connectivity index (χ3v) is 14.6. The van der Waals surface area contributed by atoms with Gasteiger partial charge in [-0.1, -0.05) is 152 Å². The van der Waals surface area contributed by atoms with E-state index in [1.54, 1.807) is 11.3 Å². The molecule has 3 nitrogen and oxygen atoms in total. The number of fused-ring (bicyclic) bond motifs is 9. The molecule has 3 aromatic heterocycles. The molecule has 65 heavy (non-hydrogen) atoms. The Labute approximate surface area is 380 Å². The molecule has 0 spiro atoms. The van der Waals surface area contributed by atoms with Gasteiger partial charge in [0.25, 0.3) is 0 Å². The molecule has 0 saturated carbocycles. The van der Waals surface area contributed by atoms with Gasteiger partial charge in [-0.15, -0.1) is 11.3 Å². The van der Waals surface area contributed by atoms with Crippen LogP contribution < -0.4 is 0 Å². The summed E-state index contributed by atoms with van der Waals surface area (Å²) in [6, 6.07) is 73.2. The number of benzene rings is 9. The van der Waals surface area contributed by atoms with E-state index < -0.39 is 0 Å². The van der Waals surface area contributed by atoms with Crippen LogP contribution in [0.2, 0.25) is 0 Å². The van der Waals surface area contributed by atoms with Crippen molar-refractivity contribution in [3.8, 4) is 50.8 Å². The number of allylic oxidation sites excluding steroid dienone is 4. The average molecular weight is 846 g/mol. The van der Waals surface area contributed by atoms with Crippen LogP contribution >= 0.6 is 11.3 Å². The van der Waals surface area contributed by atoms with Crippen molar-refractivity contribution in [2.45, 2.75) is 12.8 Å². The highest BCUT2D eigenvalue weighted by Crippen LogP contribution is 2.47. The first-order valence-corrected chi connectivity index (χ1v) is 23.1. The van der Waals surface area contributed by atoms with Crippen LogP contribution in [-0.2, 0) is 0 Å². The van der Waals surface area contributed by atoms with E-state index in [9.17, 15) is 5.26 Å². The molecule has 304 valence electrons. The summed E-state index contributed by atoms with van der Waals surface area (Å²) in [5, 5.41) is 18.6. The number of rotatable bonds is 6. The first-order chi connectivity index (χ1) is 32.2. The van der Waals surface area contributed by atoms with Crippen LogP contribution in [0.5, 0.6) is 0 Å². The van der Waals surface area contributed by atoms with E-state index >= 15 is 0 Å². The zero-order chi connectivity index (χ0) is 43.0. The highest BCUT2D eigenvalue weighted by molar-refractivity contribution is 7.26. The summed E-state index contributed by atoms with van der Waals surface area (Å²) in [7, 11) is 0. The maximum absolute atomic E-state index is 11.7. The second kappa shape index (κ2) is 15.0. The number of hydrogen-bond acceptors (Lipinski definition) is 2. The van der Waals surface area contributed by atoms with Crippen molar-refractivity contribution < 1.29 is 0 Å². The van der Waals surface area contributed by atoms with E-state index in [0.29, 0.717) is 5.56 Å². The van der Waals surface area contributed by atoms with Gasteiger partial charge in [-0.05, 0) is 118 Å². The summed E-state index contributed by atoms with van der Waals surface area (Å²) in [6.45, 7) is 0. The van der Waals surface area contributed by atoms with Crippen LogP contribution in [0.4, 0.5) is 0 Å². The summed E-state index contributed by atoms with van der Waals surface area (Å²) in [4.78, 5) is 0. The van der Waals surface area contributed by atoms with Gasteiger partial charge in [-0.2, -0.15) is 5.26 Å². The molecule has 0 saturated heterocycles. The zero-order valence-corrected chi connectivity index (χ0v) is 36.2. The maximum Gasteiger partial charge on any atom is 0.103 e. The topological polar surface area (TPSA) is 33.6 Å². The molecule has 0 unspecified atom stereocenters.